The molecule has 6 nitrogen and oxygen atoms in total. The fraction of sp³-hybridized carbons (Fsp3) is 0.304. The minimum absolute atomic E-state index is 0.0518. The first kappa shape index (κ1) is 26.1. The number of thiazole rings is 1. The molecule has 3 aromatic rings. The van der Waals surface area contributed by atoms with Crippen molar-refractivity contribution in [3.8, 4) is 16.3 Å². The van der Waals surface area contributed by atoms with Crippen LogP contribution in [0.25, 0.3) is 10.6 Å². The third kappa shape index (κ3) is 5.40. The van der Waals surface area contributed by atoms with Crippen LogP contribution >= 0.6 is 22.9 Å². The van der Waals surface area contributed by atoms with E-state index in [4.69, 9.17) is 16.3 Å². The molecule has 1 fully saturated rings. The second-order valence-corrected chi connectivity index (χ2v) is 9.36. The van der Waals surface area contributed by atoms with E-state index in [1.54, 1.807) is 0 Å². The summed E-state index contributed by atoms with van der Waals surface area (Å²) >= 11 is 7.21. The zero-order valence-corrected chi connectivity index (χ0v) is 20.3. The number of aromatic nitrogens is 1. The summed E-state index contributed by atoms with van der Waals surface area (Å²) in [6, 6.07) is 8.59. The fourth-order valence-corrected chi connectivity index (χ4v) is 4.92. The first-order valence-electron chi connectivity index (χ1n) is 10.6. The molecule has 2 unspecified atom stereocenters. The summed E-state index contributed by atoms with van der Waals surface area (Å²) in [6.45, 7) is 2.85. The Morgan fingerprint density at radius 1 is 1.17 bits per heavy atom. The Morgan fingerprint density at radius 3 is 2.42 bits per heavy atom. The molecule has 1 amide bonds. The van der Waals surface area contributed by atoms with Crippen molar-refractivity contribution in [2.75, 3.05) is 0 Å². The SMILES string of the molecule is CCC(F)(F)C(Oc1ccc(C2NOC(=O)N2)c(Cl)c1)c1sc(-c2ccc(C(F)(F)F)cc2)nc1C. The Bertz CT molecular complexity index is 1270. The first-order chi connectivity index (χ1) is 16.9. The maximum atomic E-state index is 15.1. The summed E-state index contributed by atoms with van der Waals surface area (Å²) in [5.41, 5.74) is 2.69. The van der Waals surface area contributed by atoms with Crippen molar-refractivity contribution in [2.24, 2.45) is 0 Å². The Kier molecular flexibility index (Phi) is 7.13. The minimum atomic E-state index is -4.49. The lowest BCUT2D eigenvalue weighted by Gasteiger charge is -2.26. The number of hydrogen-bond donors (Lipinski definition) is 2. The van der Waals surface area contributed by atoms with Crippen molar-refractivity contribution in [1.82, 2.24) is 15.8 Å². The van der Waals surface area contributed by atoms with Gasteiger partial charge in [0.2, 0.25) is 0 Å². The van der Waals surface area contributed by atoms with Crippen LogP contribution in [0.5, 0.6) is 5.75 Å². The van der Waals surface area contributed by atoms with E-state index >= 15 is 8.78 Å². The summed E-state index contributed by atoms with van der Waals surface area (Å²) in [7, 11) is 0. The second kappa shape index (κ2) is 9.83. The van der Waals surface area contributed by atoms with Crippen LogP contribution in [0, 0.1) is 6.92 Å². The zero-order chi connectivity index (χ0) is 26.3. The van der Waals surface area contributed by atoms with Gasteiger partial charge in [0.15, 0.2) is 6.10 Å². The number of amides is 1. The number of carbonyl (C=O) groups is 1. The highest BCUT2D eigenvalue weighted by Gasteiger charge is 2.43. The van der Waals surface area contributed by atoms with E-state index in [9.17, 15) is 18.0 Å². The number of halogens is 6. The molecule has 0 bridgehead atoms. The minimum Gasteiger partial charge on any atom is -0.478 e. The van der Waals surface area contributed by atoms with E-state index in [2.05, 4.69) is 20.6 Å². The van der Waals surface area contributed by atoms with Crippen LogP contribution in [-0.4, -0.2) is 17.0 Å². The number of rotatable bonds is 7. The smallest absolute Gasteiger partial charge is 0.427 e. The molecule has 1 aliphatic rings. The third-order valence-electron chi connectivity index (χ3n) is 5.45. The van der Waals surface area contributed by atoms with E-state index in [0.717, 1.165) is 23.5 Å². The van der Waals surface area contributed by atoms with Crippen LogP contribution in [-0.2, 0) is 11.0 Å². The van der Waals surface area contributed by atoms with Crippen LogP contribution in [0.4, 0.5) is 26.7 Å². The Balaban J connectivity index is 1.63. The quantitative estimate of drug-likeness (QED) is 0.306. The Morgan fingerprint density at radius 2 is 1.86 bits per heavy atom. The molecule has 0 spiro atoms. The van der Waals surface area contributed by atoms with E-state index < -0.39 is 42.4 Å². The number of carbonyl (C=O) groups excluding carboxylic acids is 1. The maximum absolute atomic E-state index is 15.1. The van der Waals surface area contributed by atoms with E-state index in [1.807, 2.05) is 0 Å². The lowest BCUT2D eigenvalue weighted by molar-refractivity contribution is -0.137. The second-order valence-electron chi connectivity index (χ2n) is 7.92. The molecule has 2 atom stereocenters. The van der Waals surface area contributed by atoms with Gasteiger partial charge in [-0.1, -0.05) is 36.7 Å². The van der Waals surface area contributed by atoms with Crippen molar-refractivity contribution >= 4 is 29.0 Å². The fourth-order valence-electron chi connectivity index (χ4n) is 3.48. The highest BCUT2D eigenvalue weighted by molar-refractivity contribution is 7.15. The standard InChI is InChI=1S/C23H19ClF5N3O3S/c1-3-22(25,26)18(34-14-8-9-15(16(24)10-14)19-31-21(33)35-32-19)17-11(2)30-20(36-17)12-4-6-13(7-5-12)23(27,28)29/h4-10,18-19,32H,3H2,1-2H3,(H,31,33). The number of alkyl halides is 5. The molecule has 13 heteroatoms. The first-order valence-corrected chi connectivity index (χ1v) is 11.8. The molecule has 1 aromatic heterocycles. The number of ether oxygens (including phenoxy) is 1. The number of aryl methyl sites for hydroxylation is 1. The van der Waals surface area contributed by atoms with Crippen molar-refractivity contribution in [3.05, 3.63) is 69.2 Å². The van der Waals surface area contributed by atoms with Crippen molar-refractivity contribution in [2.45, 2.75) is 44.6 Å². The van der Waals surface area contributed by atoms with Gasteiger partial charge in [-0.05, 0) is 31.2 Å². The summed E-state index contributed by atoms with van der Waals surface area (Å²) in [4.78, 5) is 20.3. The van der Waals surface area contributed by atoms with Crippen LogP contribution in [0.1, 0.15) is 47.3 Å². The van der Waals surface area contributed by atoms with Gasteiger partial charge in [-0.25, -0.2) is 18.6 Å². The molecule has 2 N–H and O–H groups in total. The maximum Gasteiger partial charge on any atom is 0.427 e. The molecule has 0 aliphatic carbocycles. The number of hydrogen-bond acceptors (Lipinski definition) is 6. The molecule has 2 heterocycles. The third-order valence-corrected chi connectivity index (χ3v) is 7.03. The predicted octanol–water partition coefficient (Wildman–Crippen LogP) is 7.20. The van der Waals surface area contributed by atoms with Gasteiger partial charge >= 0.3 is 12.3 Å². The van der Waals surface area contributed by atoms with Crippen molar-refractivity contribution in [1.29, 1.82) is 0 Å². The predicted molar refractivity (Wildman–Crippen MR) is 123 cm³/mol. The van der Waals surface area contributed by atoms with Gasteiger partial charge in [-0.15, -0.1) is 16.8 Å². The van der Waals surface area contributed by atoms with Crippen molar-refractivity contribution < 1.29 is 36.3 Å². The normalized spacial score (nSPS) is 17.0. The van der Waals surface area contributed by atoms with Gasteiger partial charge in [-0.3, -0.25) is 5.32 Å². The topological polar surface area (TPSA) is 72.5 Å². The highest BCUT2D eigenvalue weighted by Crippen LogP contribution is 2.44. The largest absolute Gasteiger partial charge is 0.478 e. The highest BCUT2D eigenvalue weighted by atomic mass is 35.5. The average molecular weight is 548 g/mol. The van der Waals surface area contributed by atoms with E-state index in [1.165, 1.54) is 44.2 Å². The van der Waals surface area contributed by atoms with Gasteiger partial charge in [0, 0.05) is 17.5 Å². The molecular formula is C23H19ClF5N3O3S. The van der Waals surface area contributed by atoms with Crippen LogP contribution in [0.15, 0.2) is 42.5 Å². The number of nitrogens with zero attached hydrogens (tertiary/aromatic N) is 1. The molecule has 0 radical (unpaired) electrons. The summed E-state index contributed by atoms with van der Waals surface area (Å²) in [5.74, 6) is -3.25. The lowest BCUT2D eigenvalue weighted by atomic mass is 10.1. The van der Waals surface area contributed by atoms with Crippen LogP contribution in [0.2, 0.25) is 5.02 Å². The monoisotopic (exact) mass is 547 g/mol. The average Bonchev–Trinajstić information content (AvgIpc) is 3.42. The summed E-state index contributed by atoms with van der Waals surface area (Å²) < 4.78 is 74.5. The number of benzene rings is 2. The number of hydroxylamine groups is 1. The van der Waals surface area contributed by atoms with Gasteiger partial charge < -0.3 is 9.57 Å². The lowest BCUT2D eigenvalue weighted by Crippen LogP contribution is -2.30. The molecule has 0 saturated carbocycles. The molecule has 192 valence electrons. The van der Waals surface area contributed by atoms with Crippen LogP contribution in [0.3, 0.4) is 0 Å². The molecule has 36 heavy (non-hydrogen) atoms. The molecule has 1 saturated heterocycles. The van der Waals surface area contributed by atoms with Gasteiger partial charge in [0.05, 0.1) is 21.2 Å². The van der Waals surface area contributed by atoms with Crippen LogP contribution < -0.4 is 15.5 Å². The molecule has 2 aromatic carbocycles. The summed E-state index contributed by atoms with van der Waals surface area (Å²) in [6.07, 6.45) is -8.16. The Labute approximate surface area is 211 Å². The zero-order valence-electron chi connectivity index (χ0n) is 18.8. The van der Waals surface area contributed by atoms with Crippen molar-refractivity contribution in [3.63, 3.8) is 0 Å². The summed E-state index contributed by atoms with van der Waals surface area (Å²) in [5, 5.41) is 2.91. The van der Waals surface area contributed by atoms with Gasteiger partial charge in [0.1, 0.15) is 16.9 Å². The van der Waals surface area contributed by atoms with Gasteiger partial charge in [-0.2, -0.15) is 13.2 Å². The van der Waals surface area contributed by atoms with E-state index in [-0.39, 0.29) is 26.4 Å². The number of nitrogens with one attached hydrogen (secondary N) is 2. The molecule has 4 rings (SSSR count). The molecular weight excluding hydrogens is 529 g/mol. The Hall–Kier alpha value is -2.96. The van der Waals surface area contributed by atoms with E-state index in [0.29, 0.717) is 11.1 Å². The molecule has 1 aliphatic heterocycles. The van der Waals surface area contributed by atoms with Gasteiger partial charge in [0.25, 0.3) is 5.92 Å².